The summed E-state index contributed by atoms with van der Waals surface area (Å²) in [7, 11) is 0. The third-order valence-electron chi connectivity index (χ3n) is 6.04. The molecule has 0 aliphatic carbocycles. The molecule has 0 saturated heterocycles. The summed E-state index contributed by atoms with van der Waals surface area (Å²) >= 11 is 0. The van der Waals surface area contributed by atoms with E-state index in [0.717, 1.165) is 0 Å². The van der Waals surface area contributed by atoms with Gasteiger partial charge < -0.3 is 0 Å². The number of hydrogen-bond donors (Lipinski definition) is 0. The minimum Gasteiger partial charge on any atom is -0.0616 e. The molecule has 0 unspecified atom stereocenters. The van der Waals surface area contributed by atoms with Crippen LogP contribution >= 0.6 is 0 Å². The Balaban J connectivity index is 1.49. The lowest BCUT2D eigenvalue weighted by molar-refractivity contribution is 1.63. The largest absolute Gasteiger partial charge is 0.0616 e. The van der Waals surface area contributed by atoms with Crippen LogP contribution in [0.4, 0.5) is 0 Å². The van der Waals surface area contributed by atoms with Crippen molar-refractivity contribution in [2.45, 2.75) is 0 Å². The van der Waals surface area contributed by atoms with Gasteiger partial charge in [0.15, 0.2) is 0 Å². The first kappa shape index (κ1) is 17.0. The van der Waals surface area contributed by atoms with Gasteiger partial charge in [-0.3, -0.25) is 0 Å². The molecule has 6 rings (SSSR count). The van der Waals surface area contributed by atoms with E-state index in [0.29, 0.717) is 0 Å². The van der Waals surface area contributed by atoms with Gasteiger partial charge in [-0.25, -0.2) is 0 Å². The summed E-state index contributed by atoms with van der Waals surface area (Å²) in [5.74, 6) is 0. The molecule has 0 spiro atoms. The molecule has 0 radical (unpaired) electrons. The Hall–Kier alpha value is -3.90. The summed E-state index contributed by atoms with van der Waals surface area (Å²) < 4.78 is 0. The molecule has 0 amide bonds. The van der Waals surface area contributed by atoms with Crippen LogP contribution < -0.4 is 0 Å². The van der Waals surface area contributed by atoms with E-state index in [1.165, 1.54) is 54.6 Å². The summed E-state index contributed by atoms with van der Waals surface area (Å²) in [6.07, 6.45) is 0. The Bertz CT molecular complexity index is 1520. The van der Waals surface area contributed by atoms with Crippen LogP contribution in [-0.2, 0) is 0 Å². The van der Waals surface area contributed by atoms with E-state index in [1.54, 1.807) is 0 Å². The van der Waals surface area contributed by atoms with Gasteiger partial charge in [0, 0.05) is 0 Å². The smallest absolute Gasteiger partial charge is 0.00990 e. The Morgan fingerprint density at radius 1 is 0.300 bits per heavy atom. The van der Waals surface area contributed by atoms with Crippen molar-refractivity contribution in [1.82, 2.24) is 0 Å². The predicted octanol–water partition coefficient (Wildman–Crippen LogP) is 8.48. The van der Waals surface area contributed by atoms with E-state index in [1.807, 2.05) is 0 Å². The number of benzene rings is 6. The van der Waals surface area contributed by atoms with Gasteiger partial charge in [0.1, 0.15) is 0 Å². The van der Waals surface area contributed by atoms with Crippen LogP contribution in [0.3, 0.4) is 0 Å². The quantitative estimate of drug-likeness (QED) is 0.264. The van der Waals surface area contributed by atoms with Crippen molar-refractivity contribution in [3.8, 4) is 22.3 Å². The standard InChI is InChI=1S/C30H20/c1-2-9-25-20-30-26(19-24(25)8-1)11-6-14-29(30)23-17-15-22(16-18-23)28-13-5-10-21-7-3-4-12-27(21)28/h1-20H. The second kappa shape index (κ2) is 6.86. The van der Waals surface area contributed by atoms with E-state index < -0.39 is 0 Å². The van der Waals surface area contributed by atoms with Gasteiger partial charge in [-0.1, -0.05) is 109 Å². The zero-order chi connectivity index (χ0) is 19.9. The van der Waals surface area contributed by atoms with Gasteiger partial charge in [0.25, 0.3) is 0 Å². The number of rotatable bonds is 2. The summed E-state index contributed by atoms with van der Waals surface area (Å²) in [4.78, 5) is 0. The number of hydrogen-bond acceptors (Lipinski definition) is 0. The first-order chi connectivity index (χ1) is 14.9. The molecule has 140 valence electrons. The van der Waals surface area contributed by atoms with Gasteiger partial charge in [-0.05, 0) is 66.7 Å². The second-order valence-electron chi connectivity index (χ2n) is 7.83. The summed E-state index contributed by atoms with van der Waals surface area (Å²) in [6.45, 7) is 0. The van der Waals surface area contributed by atoms with E-state index >= 15 is 0 Å². The highest BCUT2D eigenvalue weighted by molar-refractivity contribution is 6.05. The van der Waals surface area contributed by atoms with Gasteiger partial charge in [0.2, 0.25) is 0 Å². The maximum atomic E-state index is 2.32. The molecule has 0 fully saturated rings. The van der Waals surface area contributed by atoms with Gasteiger partial charge in [-0.15, -0.1) is 0 Å². The third kappa shape index (κ3) is 2.77. The van der Waals surface area contributed by atoms with Crippen molar-refractivity contribution >= 4 is 32.3 Å². The van der Waals surface area contributed by atoms with Crippen molar-refractivity contribution in [3.05, 3.63) is 121 Å². The molecule has 0 bridgehead atoms. The molecule has 0 nitrogen and oxygen atoms in total. The van der Waals surface area contributed by atoms with Crippen LogP contribution in [0.1, 0.15) is 0 Å². The molecule has 0 heterocycles. The van der Waals surface area contributed by atoms with Crippen molar-refractivity contribution in [2.75, 3.05) is 0 Å². The van der Waals surface area contributed by atoms with Crippen molar-refractivity contribution in [2.24, 2.45) is 0 Å². The zero-order valence-electron chi connectivity index (χ0n) is 16.5. The van der Waals surface area contributed by atoms with Crippen molar-refractivity contribution < 1.29 is 0 Å². The Morgan fingerprint density at radius 3 is 1.50 bits per heavy atom. The molecule has 6 aromatic rings. The zero-order valence-corrected chi connectivity index (χ0v) is 16.5. The molecule has 0 aliphatic rings. The molecule has 0 atom stereocenters. The predicted molar refractivity (Wildman–Crippen MR) is 130 cm³/mol. The maximum absolute atomic E-state index is 2.32. The average Bonchev–Trinajstić information content (AvgIpc) is 2.82. The summed E-state index contributed by atoms with van der Waals surface area (Å²) in [6, 6.07) is 43.9. The molecular formula is C30H20. The molecule has 0 heteroatoms. The normalized spacial score (nSPS) is 11.3. The molecule has 0 aliphatic heterocycles. The SMILES string of the molecule is c1ccc2cc3c(-c4ccc(-c5cccc6ccccc56)cc4)cccc3cc2c1. The Labute approximate surface area is 176 Å². The fourth-order valence-corrected chi connectivity index (χ4v) is 4.53. The van der Waals surface area contributed by atoms with Crippen LogP contribution in [0, 0.1) is 0 Å². The fraction of sp³-hybridized carbons (Fsp3) is 0. The Morgan fingerprint density at radius 2 is 0.800 bits per heavy atom. The lowest BCUT2D eigenvalue weighted by Gasteiger charge is -2.11. The highest BCUT2D eigenvalue weighted by Crippen LogP contribution is 2.34. The lowest BCUT2D eigenvalue weighted by Crippen LogP contribution is -1.85. The lowest BCUT2D eigenvalue weighted by atomic mass is 9.93. The minimum atomic E-state index is 1.25. The van der Waals surface area contributed by atoms with Crippen LogP contribution in [0.15, 0.2) is 121 Å². The second-order valence-corrected chi connectivity index (χ2v) is 7.83. The minimum absolute atomic E-state index is 1.25. The highest BCUT2D eigenvalue weighted by Gasteiger charge is 2.07. The van der Waals surface area contributed by atoms with Crippen molar-refractivity contribution in [3.63, 3.8) is 0 Å². The van der Waals surface area contributed by atoms with Crippen LogP contribution in [-0.4, -0.2) is 0 Å². The maximum Gasteiger partial charge on any atom is -0.00990 e. The Kier molecular flexibility index (Phi) is 3.89. The van der Waals surface area contributed by atoms with Gasteiger partial charge in [-0.2, -0.15) is 0 Å². The first-order valence-corrected chi connectivity index (χ1v) is 10.4. The molecule has 0 aromatic heterocycles. The average molecular weight is 380 g/mol. The highest BCUT2D eigenvalue weighted by atomic mass is 14.1. The molecular weight excluding hydrogens is 360 g/mol. The van der Waals surface area contributed by atoms with Crippen LogP contribution in [0.25, 0.3) is 54.6 Å². The molecule has 0 saturated carbocycles. The fourth-order valence-electron chi connectivity index (χ4n) is 4.53. The van der Waals surface area contributed by atoms with E-state index in [-0.39, 0.29) is 0 Å². The van der Waals surface area contributed by atoms with E-state index in [9.17, 15) is 0 Å². The number of fused-ring (bicyclic) bond motifs is 3. The topological polar surface area (TPSA) is 0 Å². The summed E-state index contributed by atoms with van der Waals surface area (Å²) in [5, 5.41) is 7.72. The monoisotopic (exact) mass is 380 g/mol. The molecule has 0 N–H and O–H groups in total. The van der Waals surface area contributed by atoms with Gasteiger partial charge in [0.05, 0.1) is 0 Å². The van der Waals surface area contributed by atoms with Crippen LogP contribution in [0.5, 0.6) is 0 Å². The molecule has 30 heavy (non-hydrogen) atoms. The molecule has 6 aromatic carbocycles. The van der Waals surface area contributed by atoms with E-state index in [4.69, 9.17) is 0 Å². The van der Waals surface area contributed by atoms with Crippen molar-refractivity contribution in [1.29, 1.82) is 0 Å². The van der Waals surface area contributed by atoms with Crippen LogP contribution in [0.2, 0.25) is 0 Å². The third-order valence-corrected chi connectivity index (χ3v) is 6.04. The summed E-state index contributed by atoms with van der Waals surface area (Å²) in [5.41, 5.74) is 5.06. The van der Waals surface area contributed by atoms with Gasteiger partial charge >= 0.3 is 0 Å². The van der Waals surface area contributed by atoms with E-state index in [2.05, 4.69) is 121 Å². The first-order valence-electron chi connectivity index (χ1n) is 10.4.